The molecule has 0 aliphatic carbocycles. The van der Waals surface area contributed by atoms with Crippen LogP contribution in [0.4, 0.5) is 4.39 Å². The molecule has 1 aromatic carbocycles. The Morgan fingerprint density at radius 1 is 1.50 bits per heavy atom. The van der Waals surface area contributed by atoms with Crippen molar-refractivity contribution >= 4 is 29.1 Å². The van der Waals surface area contributed by atoms with Gasteiger partial charge in [0.2, 0.25) is 0 Å². The summed E-state index contributed by atoms with van der Waals surface area (Å²) in [4.78, 5) is 11.9. The third-order valence-corrected chi connectivity index (χ3v) is 2.72. The molecule has 1 aromatic rings. The number of hydrogen-bond donors (Lipinski definition) is 0. The molecule has 0 radical (unpaired) electrons. The Balaban J connectivity index is 2.86. The number of hydrogen-bond acceptors (Lipinski definition) is 2. The van der Waals surface area contributed by atoms with Gasteiger partial charge < -0.3 is 0 Å². The van der Waals surface area contributed by atoms with Gasteiger partial charge in [0, 0.05) is 11.3 Å². The predicted molar refractivity (Wildman–Crippen MR) is 57.6 cm³/mol. The zero-order valence-electron chi connectivity index (χ0n) is 7.72. The fourth-order valence-electron chi connectivity index (χ4n) is 1.12. The minimum absolute atomic E-state index is 0.0227. The van der Waals surface area contributed by atoms with Gasteiger partial charge in [0.1, 0.15) is 5.82 Å². The summed E-state index contributed by atoms with van der Waals surface area (Å²) < 4.78 is 13.0. The van der Waals surface area contributed by atoms with Crippen LogP contribution in [0.15, 0.2) is 23.1 Å². The Bertz CT molecular complexity index is 341. The lowest BCUT2D eigenvalue weighted by Gasteiger charge is -2.02. The van der Waals surface area contributed by atoms with Crippen LogP contribution in [0.25, 0.3) is 0 Å². The average Bonchev–Trinajstić information content (AvgIpc) is 2.16. The Labute approximate surface area is 91.6 Å². The molecule has 4 heteroatoms. The molecule has 0 unspecified atom stereocenters. The summed E-state index contributed by atoms with van der Waals surface area (Å²) >= 11 is 6.81. The average molecular weight is 233 g/mol. The van der Waals surface area contributed by atoms with Crippen molar-refractivity contribution in [3.05, 3.63) is 29.6 Å². The van der Waals surface area contributed by atoms with Gasteiger partial charge in [-0.05, 0) is 30.0 Å². The maximum absolute atomic E-state index is 13.0. The first-order valence-electron chi connectivity index (χ1n) is 4.07. The molecule has 0 bridgehead atoms. The summed E-state index contributed by atoms with van der Waals surface area (Å²) in [6.07, 6.45) is 2.07. The monoisotopic (exact) mass is 232 g/mol. The van der Waals surface area contributed by atoms with Gasteiger partial charge in [-0.2, -0.15) is 0 Å². The first-order chi connectivity index (χ1) is 6.65. The Morgan fingerprint density at radius 3 is 2.79 bits per heavy atom. The number of alkyl halides is 1. The van der Waals surface area contributed by atoms with E-state index in [0.29, 0.717) is 5.56 Å². The molecule has 0 saturated carbocycles. The molecule has 14 heavy (non-hydrogen) atoms. The lowest BCUT2D eigenvalue weighted by molar-refractivity contribution is -0.116. The zero-order valence-corrected chi connectivity index (χ0v) is 9.29. The molecule has 0 saturated heterocycles. The van der Waals surface area contributed by atoms with Crippen molar-refractivity contribution in [3.8, 4) is 0 Å². The smallest absolute Gasteiger partial charge is 0.151 e. The lowest BCUT2D eigenvalue weighted by atomic mass is 10.1. The van der Waals surface area contributed by atoms with Crippen molar-refractivity contribution in [3.63, 3.8) is 0 Å². The van der Waals surface area contributed by atoms with E-state index in [1.54, 1.807) is 6.07 Å². The van der Waals surface area contributed by atoms with Crippen LogP contribution in [-0.2, 0) is 11.2 Å². The second-order valence-corrected chi connectivity index (χ2v) is 4.00. The van der Waals surface area contributed by atoms with E-state index in [4.69, 9.17) is 11.6 Å². The number of halogens is 2. The van der Waals surface area contributed by atoms with Crippen LogP contribution in [0.3, 0.4) is 0 Å². The Hall–Kier alpha value is -0.540. The SMILES string of the molecule is CSc1cc(F)cc(CC(=O)CCl)c1. The van der Waals surface area contributed by atoms with Crippen LogP contribution in [-0.4, -0.2) is 17.9 Å². The van der Waals surface area contributed by atoms with Crippen molar-refractivity contribution < 1.29 is 9.18 Å². The Morgan fingerprint density at radius 2 is 2.21 bits per heavy atom. The van der Waals surface area contributed by atoms with Gasteiger partial charge in [-0.15, -0.1) is 23.4 Å². The van der Waals surface area contributed by atoms with Crippen molar-refractivity contribution in [2.75, 3.05) is 12.1 Å². The van der Waals surface area contributed by atoms with E-state index < -0.39 is 0 Å². The van der Waals surface area contributed by atoms with Crippen LogP contribution in [0, 0.1) is 5.82 Å². The number of benzene rings is 1. The topological polar surface area (TPSA) is 17.1 Å². The molecule has 0 aliphatic rings. The van der Waals surface area contributed by atoms with Crippen molar-refractivity contribution in [1.82, 2.24) is 0 Å². The highest BCUT2D eigenvalue weighted by Gasteiger charge is 2.05. The lowest BCUT2D eigenvalue weighted by Crippen LogP contribution is -2.04. The molecular weight excluding hydrogens is 223 g/mol. The van der Waals surface area contributed by atoms with Crippen LogP contribution in [0.1, 0.15) is 5.56 Å². The zero-order chi connectivity index (χ0) is 10.6. The first-order valence-corrected chi connectivity index (χ1v) is 5.82. The van der Waals surface area contributed by atoms with Crippen molar-refractivity contribution in [2.24, 2.45) is 0 Å². The molecular formula is C10H10ClFOS. The molecule has 0 atom stereocenters. The van der Waals surface area contributed by atoms with Gasteiger partial charge in [-0.25, -0.2) is 4.39 Å². The van der Waals surface area contributed by atoms with Gasteiger partial charge in [-0.1, -0.05) is 0 Å². The standard InChI is InChI=1S/C10H10ClFOS/c1-14-10-4-7(2-8(12)5-10)3-9(13)6-11/h2,4-5H,3,6H2,1H3. The number of thioether (sulfide) groups is 1. The summed E-state index contributed by atoms with van der Waals surface area (Å²) in [6.45, 7) is 0. The normalized spacial score (nSPS) is 10.2. The number of carbonyl (C=O) groups is 1. The van der Waals surface area contributed by atoms with Gasteiger partial charge in [0.15, 0.2) is 5.78 Å². The summed E-state index contributed by atoms with van der Waals surface area (Å²) in [6, 6.07) is 4.61. The fraction of sp³-hybridized carbons (Fsp3) is 0.300. The summed E-state index contributed by atoms with van der Waals surface area (Å²) in [5.41, 5.74) is 0.681. The second-order valence-electron chi connectivity index (χ2n) is 2.85. The number of Topliss-reactive ketones (excluding diaryl/α,β-unsaturated/α-hetero) is 1. The van der Waals surface area contributed by atoms with Crippen molar-refractivity contribution in [1.29, 1.82) is 0 Å². The fourth-order valence-corrected chi connectivity index (χ4v) is 1.71. The molecule has 76 valence electrons. The highest BCUT2D eigenvalue weighted by Crippen LogP contribution is 2.18. The minimum Gasteiger partial charge on any atom is -0.298 e. The number of carbonyl (C=O) groups excluding carboxylic acids is 1. The van der Waals surface area contributed by atoms with E-state index in [2.05, 4.69) is 0 Å². The molecule has 0 fully saturated rings. The summed E-state index contributed by atoms with van der Waals surface area (Å²) in [5.74, 6) is -0.427. The number of ketones is 1. The largest absolute Gasteiger partial charge is 0.298 e. The first kappa shape index (κ1) is 11.5. The van der Waals surface area contributed by atoms with E-state index in [1.807, 2.05) is 6.26 Å². The van der Waals surface area contributed by atoms with E-state index in [-0.39, 0.29) is 23.9 Å². The molecule has 0 heterocycles. The van der Waals surface area contributed by atoms with Crippen LogP contribution in [0.5, 0.6) is 0 Å². The molecule has 1 rings (SSSR count). The quantitative estimate of drug-likeness (QED) is 0.587. The van der Waals surface area contributed by atoms with E-state index in [0.717, 1.165) is 4.90 Å². The molecule has 0 aromatic heterocycles. The van der Waals surface area contributed by atoms with Crippen LogP contribution in [0.2, 0.25) is 0 Å². The van der Waals surface area contributed by atoms with E-state index in [9.17, 15) is 9.18 Å². The number of rotatable bonds is 4. The maximum atomic E-state index is 13.0. The highest BCUT2D eigenvalue weighted by molar-refractivity contribution is 7.98. The molecule has 0 spiro atoms. The van der Waals surface area contributed by atoms with Crippen LogP contribution < -0.4 is 0 Å². The molecule has 0 aliphatic heterocycles. The van der Waals surface area contributed by atoms with Crippen molar-refractivity contribution in [2.45, 2.75) is 11.3 Å². The van der Waals surface area contributed by atoms with Gasteiger partial charge in [0.05, 0.1) is 5.88 Å². The highest BCUT2D eigenvalue weighted by atomic mass is 35.5. The maximum Gasteiger partial charge on any atom is 0.151 e. The minimum atomic E-state index is -0.311. The van der Waals surface area contributed by atoms with Crippen LogP contribution >= 0.6 is 23.4 Å². The van der Waals surface area contributed by atoms with Gasteiger partial charge in [-0.3, -0.25) is 4.79 Å². The van der Waals surface area contributed by atoms with E-state index >= 15 is 0 Å². The molecule has 1 nitrogen and oxygen atoms in total. The van der Waals surface area contributed by atoms with Gasteiger partial charge >= 0.3 is 0 Å². The summed E-state index contributed by atoms with van der Waals surface area (Å²) in [7, 11) is 0. The molecule has 0 amide bonds. The summed E-state index contributed by atoms with van der Waals surface area (Å²) in [5, 5.41) is 0. The second kappa shape index (κ2) is 5.37. The Kier molecular flexibility index (Phi) is 4.42. The predicted octanol–water partition coefficient (Wildman–Crippen LogP) is 2.90. The third-order valence-electron chi connectivity index (χ3n) is 1.72. The van der Waals surface area contributed by atoms with E-state index in [1.165, 1.54) is 23.9 Å². The van der Waals surface area contributed by atoms with Gasteiger partial charge in [0.25, 0.3) is 0 Å². The third kappa shape index (κ3) is 3.31. The molecule has 0 N–H and O–H groups in total.